The van der Waals surface area contributed by atoms with E-state index in [1.807, 2.05) is 31.1 Å². The van der Waals surface area contributed by atoms with Crippen molar-refractivity contribution in [3.63, 3.8) is 0 Å². The lowest BCUT2D eigenvalue weighted by Gasteiger charge is -2.20. The highest BCUT2D eigenvalue weighted by Crippen LogP contribution is 2.39. The van der Waals surface area contributed by atoms with E-state index in [4.69, 9.17) is 0 Å². The standard InChI is InChI=1S/C17H15N3O2/c1-19(2)12-5-8-14-15(9-12)16(10-18)20(17(14)22)11-3-6-13(21)7-4-11/h3-9,16,21H,1-2H3. The fraction of sp³-hybridized carbons (Fsp3) is 0.176. The molecule has 22 heavy (non-hydrogen) atoms. The number of nitrogens with zero attached hydrogens (tertiary/aromatic N) is 3. The van der Waals surface area contributed by atoms with E-state index in [0.29, 0.717) is 16.8 Å². The van der Waals surface area contributed by atoms with E-state index in [2.05, 4.69) is 6.07 Å². The molecule has 1 aliphatic heterocycles. The summed E-state index contributed by atoms with van der Waals surface area (Å²) in [5.41, 5.74) is 2.80. The molecule has 3 rings (SSSR count). The molecule has 0 saturated heterocycles. The summed E-state index contributed by atoms with van der Waals surface area (Å²) < 4.78 is 0. The molecule has 0 aliphatic carbocycles. The summed E-state index contributed by atoms with van der Waals surface area (Å²) in [7, 11) is 3.83. The maximum atomic E-state index is 12.6. The van der Waals surface area contributed by atoms with Crippen molar-refractivity contribution in [3.8, 4) is 11.8 Å². The second-order valence-electron chi connectivity index (χ2n) is 5.39. The average molecular weight is 293 g/mol. The Balaban J connectivity index is 2.10. The Labute approximate surface area is 128 Å². The van der Waals surface area contributed by atoms with Crippen LogP contribution in [-0.4, -0.2) is 25.1 Å². The number of carbonyl (C=O) groups excluding carboxylic acids is 1. The lowest BCUT2D eigenvalue weighted by Crippen LogP contribution is -2.26. The van der Waals surface area contributed by atoms with Gasteiger partial charge in [0, 0.05) is 36.6 Å². The fourth-order valence-corrected chi connectivity index (χ4v) is 2.64. The molecule has 1 unspecified atom stereocenters. The summed E-state index contributed by atoms with van der Waals surface area (Å²) >= 11 is 0. The van der Waals surface area contributed by atoms with Crippen LogP contribution in [0.4, 0.5) is 11.4 Å². The number of phenols is 1. The number of rotatable bonds is 2. The van der Waals surface area contributed by atoms with Gasteiger partial charge in [0.15, 0.2) is 6.04 Å². The number of hydrogen-bond donors (Lipinski definition) is 1. The van der Waals surface area contributed by atoms with Crippen molar-refractivity contribution >= 4 is 17.3 Å². The van der Waals surface area contributed by atoms with Crippen molar-refractivity contribution in [2.75, 3.05) is 23.9 Å². The summed E-state index contributed by atoms with van der Waals surface area (Å²) in [6.07, 6.45) is 0. The molecule has 0 fully saturated rings. The van der Waals surface area contributed by atoms with Crippen molar-refractivity contribution in [2.45, 2.75) is 6.04 Å². The number of amides is 1. The van der Waals surface area contributed by atoms with E-state index in [0.717, 1.165) is 5.69 Å². The van der Waals surface area contributed by atoms with Crippen molar-refractivity contribution in [1.82, 2.24) is 0 Å². The lowest BCUT2D eigenvalue weighted by molar-refractivity contribution is 0.0994. The number of nitriles is 1. The first-order valence-corrected chi connectivity index (χ1v) is 6.86. The van der Waals surface area contributed by atoms with Crippen LogP contribution < -0.4 is 9.80 Å². The van der Waals surface area contributed by atoms with E-state index in [-0.39, 0.29) is 11.7 Å². The zero-order valence-corrected chi connectivity index (χ0v) is 12.3. The van der Waals surface area contributed by atoms with Crippen LogP contribution in [0.3, 0.4) is 0 Å². The van der Waals surface area contributed by atoms with Crippen LogP contribution >= 0.6 is 0 Å². The number of phenolic OH excluding ortho intramolecular Hbond substituents is 1. The zero-order valence-electron chi connectivity index (χ0n) is 12.3. The average Bonchev–Trinajstić information content (AvgIpc) is 2.80. The quantitative estimate of drug-likeness (QED) is 0.924. The Morgan fingerprint density at radius 2 is 1.86 bits per heavy atom. The Kier molecular flexibility index (Phi) is 3.22. The Bertz CT molecular complexity index is 775. The normalized spacial score (nSPS) is 16.3. The van der Waals surface area contributed by atoms with Gasteiger partial charge in [0.05, 0.1) is 6.07 Å². The summed E-state index contributed by atoms with van der Waals surface area (Å²) in [5.74, 6) is -0.0751. The van der Waals surface area contributed by atoms with Crippen LogP contribution in [0.15, 0.2) is 42.5 Å². The van der Waals surface area contributed by atoms with Crippen molar-refractivity contribution in [1.29, 1.82) is 5.26 Å². The third-order valence-electron chi connectivity index (χ3n) is 3.80. The van der Waals surface area contributed by atoms with Crippen LogP contribution in [0.25, 0.3) is 0 Å². The first-order chi connectivity index (χ1) is 10.5. The van der Waals surface area contributed by atoms with E-state index in [1.165, 1.54) is 17.0 Å². The molecule has 2 aromatic carbocycles. The molecular weight excluding hydrogens is 278 g/mol. The van der Waals surface area contributed by atoms with Crippen LogP contribution in [0.1, 0.15) is 22.0 Å². The van der Waals surface area contributed by atoms with E-state index >= 15 is 0 Å². The first kappa shape index (κ1) is 14.0. The molecule has 0 aromatic heterocycles. The number of anilines is 2. The number of carbonyl (C=O) groups is 1. The number of aromatic hydroxyl groups is 1. The number of benzene rings is 2. The summed E-state index contributed by atoms with van der Waals surface area (Å²) in [6, 6.07) is 13.3. The van der Waals surface area contributed by atoms with Crippen LogP contribution in [0.2, 0.25) is 0 Å². The molecule has 5 heteroatoms. The second kappa shape index (κ2) is 5.08. The van der Waals surface area contributed by atoms with Crippen molar-refractivity contribution < 1.29 is 9.90 Å². The van der Waals surface area contributed by atoms with Crippen molar-refractivity contribution in [3.05, 3.63) is 53.6 Å². The zero-order chi connectivity index (χ0) is 15.9. The predicted molar refractivity (Wildman–Crippen MR) is 84.0 cm³/mol. The van der Waals surface area contributed by atoms with Crippen LogP contribution in [0, 0.1) is 11.3 Å². The molecule has 1 aliphatic rings. The van der Waals surface area contributed by atoms with Gasteiger partial charge in [-0.25, -0.2) is 0 Å². The van der Waals surface area contributed by atoms with Gasteiger partial charge >= 0.3 is 0 Å². The van der Waals surface area contributed by atoms with Crippen LogP contribution in [-0.2, 0) is 0 Å². The second-order valence-corrected chi connectivity index (χ2v) is 5.39. The predicted octanol–water partition coefficient (Wildman–Crippen LogP) is 2.68. The van der Waals surface area contributed by atoms with Gasteiger partial charge in [-0.1, -0.05) is 0 Å². The van der Waals surface area contributed by atoms with E-state index < -0.39 is 6.04 Å². The largest absolute Gasteiger partial charge is 0.508 e. The van der Waals surface area contributed by atoms with Gasteiger partial charge in [0.25, 0.3) is 5.91 Å². The molecule has 110 valence electrons. The molecule has 0 saturated carbocycles. The molecule has 1 N–H and O–H groups in total. The minimum atomic E-state index is -0.660. The SMILES string of the molecule is CN(C)c1ccc2c(c1)C(C#N)N(c1ccc(O)cc1)C2=O. The van der Waals surface area contributed by atoms with Crippen molar-refractivity contribution in [2.24, 2.45) is 0 Å². The maximum Gasteiger partial charge on any atom is 0.260 e. The molecule has 0 bridgehead atoms. The van der Waals surface area contributed by atoms with Gasteiger partial charge in [-0.2, -0.15) is 5.26 Å². The molecule has 1 amide bonds. The molecule has 0 spiro atoms. The minimum absolute atomic E-state index is 0.122. The molecule has 5 nitrogen and oxygen atoms in total. The van der Waals surface area contributed by atoms with E-state index in [9.17, 15) is 15.2 Å². The highest BCUT2D eigenvalue weighted by atomic mass is 16.3. The topological polar surface area (TPSA) is 67.6 Å². The molecule has 2 aromatic rings. The Morgan fingerprint density at radius 3 is 2.45 bits per heavy atom. The highest BCUT2D eigenvalue weighted by molar-refractivity contribution is 6.11. The number of fused-ring (bicyclic) bond motifs is 1. The molecular formula is C17H15N3O2. The Hall–Kier alpha value is -3.00. The minimum Gasteiger partial charge on any atom is -0.508 e. The van der Waals surface area contributed by atoms with Gasteiger partial charge in [-0.15, -0.1) is 0 Å². The summed E-state index contributed by atoms with van der Waals surface area (Å²) in [5, 5.41) is 18.9. The monoisotopic (exact) mass is 293 g/mol. The van der Waals surface area contributed by atoms with Crippen LogP contribution in [0.5, 0.6) is 5.75 Å². The fourth-order valence-electron chi connectivity index (χ4n) is 2.64. The third-order valence-corrected chi connectivity index (χ3v) is 3.80. The molecule has 1 atom stereocenters. The third kappa shape index (κ3) is 2.06. The lowest BCUT2D eigenvalue weighted by atomic mass is 10.0. The summed E-state index contributed by atoms with van der Waals surface area (Å²) in [4.78, 5) is 16.0. The Morgan fingerprint density at radius 1 is 1.18 bits per heavy atom. The molecule has 0 radical (unpaired) electrons. The maximum absolute atomic E-state index is 12.6. The summed E-state index contributed by atoms with van der Waals surface area (Å²) in [6.45, 7) is 0. The van der Waals surface area contributed by atoms with Gasteiger partial charge in [-0.3, -0.25) is 9.69 Å². The highest BCUT2D eigenvalue weighted by Gasteiger charge is 2.38. The first-order valence-electron chi connectivity index (χ1n) is 6.86. The smallest absolute Gasteiger partial charge is 0.260 e. The van der Waals surface area contributed by atoms with E-state index in [1.54, 1.807) is 18.2 Å². The van der Waals surface area contributed by atoms with Gasteiger partial charge in [0.1, 0.15) is 5.75 Å². The van der Waals surface area contributed by atoms with Gasteiger partial charge in [-0.05, 0) is 42.5 Å². The van der Waals surface area contributed by atoms with Gasteiger partial charge < -0.3 is 10.0 Å². The van der Waals surface area contributed by atoms with Gasteiger partial charge in [0.2, 0.25) is 0 Å². The molecule has 1 heterocycles. The number of hydrogen-bond acceptors (Lipinski definition) is 4.